The molecule has 21 heavy (non-hydrogen) atoms. The van der Waals surface area contributed by atoms with Gasteiger partial charge in [-0.15, -0.1) is 11.6 Å². The lowest BCUT2D eigenvalue weighted by molar-refractivity contribution is 0.333. The van der Waals surface area contributed by atoms with Crippen LogP contribution in [0.2, 0.25) is 0 Å². The van der Waals surface area contributed by atoms with Crippen molar-refractivity contribution in [1.82, 2.24) is 9.55 Å². The minimum atomic E-state index is -0.210. The van der Waals surface area contributed by atoms with Crippen LogP contribution < -0.4 is 0 Å². The van der Waals surface area contributed by atoms with E-state index in [1.165, 1.54) is 31.7 Å². The maximum absolute atomic E-state index is 13.7. The number of alkyl halides is 1. The van der Waals surface area contributed by atoms with Crippen molar-refractivity contribution in [1.29, 1.82) is 0 Å². The summed E-state index contributed by atoms with van der Waals surface area (Å²) in [6.45, 7) is 4.24. The third-order valence-corrected chi connectivity index (χ3v) is 4.88. The van der Waals surface area contributed by atoms with Gasteiger partial charge < -0.3 is 4.57 Å². The molecule has 1 heterocycles. The van der Waals surface area contributed by atoms with E-state index in [0.717, 1.165) is 23.3 Å². The van der Waals surface area contributed by atoms with E-state index in [4.69, 9.17) is 11.6 Å². The molecule has 1 aromatic carbocycles. The third-order valence-electron chi connectivity index (χ3n) is 4.68. The molecule has 2 nitrogen and oxygen atoms in total. The highest BCUT2D eigenvalue weighted by atomic mass is 35.5. The van der Waals surface area contributed by atoms with Crippen LogP contribution in [-0.2, 0) is 0 Å². The molecule has 4 heteroatoms. The average molecular weight is 309 g/mol. The molecule has 0 radical (unpaired) electrons. The van der Waals surface area contributed by atoms with Crippen LogP contribution in [0.3, 0.4) is 0 Å². The van der Waals surface area contributed by atoms with Crippen LogP contribution in [0, 0.1) is 11.7 Å². The van der Waals surface area contributed by atoms with E-state index >= 15 is 0 Å². The van der Waals surface area contributed by atoms with Gasteiger partial charge in [-0.05, 0) is 43.9 Å². The molecule has 1 saturated carbocycles. The highest BCUT2D eigenvalue weighted by Crippen LogP contribution is 2.38. The summed E-state index contributed by atoms with van der Waals surface area (Å²) in [6, 6.07) is 5.20. The Balaban J connectivity index is 2.17. The van der Waals surface area contributed by atoms with Crippen LogP contribution in [0.5, 0.6) is 0 Å². The van der Waals surface area contributed by atoms with E-state index in [1.807, 2.05) is 6.92 Å². The second-order valence-electron chi connectivity index (χ2n) is 6.27. The Hall–Kier alpha value is -1.09. The van der Waals surface area contributed by atoms with Gasteiger partial charge in [0.15, 0.2) is 0 Å². The zero-order chi connectivity index (χ0) is 15.0. The monoisotopic (exact) mass is 308 g/mol. The first-order chi connectivity index (χ1) is 10.1. The Labute approximate surface area is 130 Å². The first-order valence-electron chi connectivity index (χ1n) is 7.89. The summed E-state index contributed by atoms with van der Waals surface area (Å²) >= 11 is 6.35. The molecule has 0 spiro atoms. The Morgan fingerprint density at radius 2 is 2.05 bits per heavy atom. The van der Waals surface area contributed by atoms with E-state index in [2.05, 4.69) is 16.5 Å². The minimum absolute atomic E-state index is 0.170. The quantitative estimate of drug-likeness (QED) is 0.520. The number of hydrogen-bond donors (Lipinski definition) is 0. The Kier molecular flexibility index (Phi) is 4.21. The number of fused-ring (bicyclic) bond motifs is 1. The van der Waals surface area contributed by atoms with Crippen molar-refractivity contribution >= 4 is 22.6 Å². The van der Waals surface area contributed by atoms with Gasteiger partial charge in [0, 0.05) is 6.04 Å². The van der Waals surface area contributed by atoms with Crippen molar-refractivity contribution in [2.24, 2.45) is 5.92 Å². The average Bonchev–Trinajstić information content (AvgIpc) is 2.68. The van der Waals surface area contributed by atoms with Crippen molar-refractivity contribution in [3.8, 4) is 0 Å². The lowest BCUT2D eigenvalue weighted by Gasteiger charge is -2.26. The van der Waals surface area contributed by atoms with E-state index in [0.29, 0.717) is 12.0 Å². The Bertz CT molecular complexity index is 635. The second-order valence-corrected chi connectivity index (χ2v) is 6.93. The number of rotatable bonds is 2. The molecule has 114 valence electrons. The summed E-state index contributed by atoms with van der Waals surface area (Å²) in [5.41, 5.74) is 1.73. The molecule has 0 aliphatic heterocycles. The van der Waals surface area contributed by atoms with E-state index in [-0.39, 0.29) is 11.2 Å². The molecule has 0 bridgehead atoms. The molecular formula is C17H22ClFN2. The fourth-order valence-corrected chi connectivity index (χ4v) is 3.72. The van der Waals surface area contributed by atoms with E-state index in [1.54, 1.807) is 12.1 Å². The smallest absolute Gasteiger partial charge is 0.127 e. The van der Waals surface area contributed by atoms with Gasteiger partial charge in [-0.3, -0.25) is 0 Å². The normalized spacial score (nSPS) is 25.0. The third kappa shape index (κ3) is 2.80. The first-order valence-corrected chi connectivity index (χ1v) is 8.33. The summed E-state index contributed by atoms with van der Waals surface area (Å²) in [5.74, 6) is 1.23. The fraction of sp³-hybridized carbons (Fsp3) is 0.588. The molecule has 1 fully saturated rings. The van der Waals surface area contributed by atoms with Gasteiger partial charge in [-0.25, -0.2) is 9.37 Å². The molecule has 3 unspecified atom stereocenters. The fourth-order valence-electron chi connectivity index (χ4n) is 3.57. The zero-order valence-corrected chi connectivity index (χ0v) is 13.4. The van der Waals surface area contributed by atoms with Gasteiger partial charge in [0.25, 0.3) is 0 Å². The van der Waals surface area contributed by atoms with Gasteiger partial charge in [-0.1, -0.05) is 26.2 Å². The first kappa shape index (κ1) is 14.8. The standard InChI is InChI=1S/C17H22ClFN2/c1-11-6-4-3-5-7-15(11)21-16-10-13(19)8-9-14(16)20-17(21)12(2)18/h8-12,15H,3-7H2,1-2H3. The molecule has 1 aliphatic carbocycles. The van der Waals surface area contributed by atoms with Gasteiger partial charge >= 0.3 is 0 Å². The predicted molar refractivity (Wildman–Crippen MR) is 85.2 cm³/mol. The van der Waals surface area contributed by atoms with Gasteiger partial charge in [0.2, 0.25) is 0 Å². The summed E-state index contributed by atoms with van der Waals surface area (Å²) in [6.07, 6.45) is 6.13. The molecule has 1 aromatic heterocycles. The molecular weight excluding hydrogens is 287 g/mol. The number of nitrogens with zero attached hydrogens (tertiary/aromatic N) is 2. The Morgan fingerprint density at radius 1 is 1.29 bits per heavy atom. The molecule has 3 atom stereocenters. The van der Waals surface area contributed by atoms with Crippen LogP contribution in [0.15, 0.2) is 18.2 Å². The van der Waals surface area contributed by atoms with Crippen LogP contribution in [0.25, 0.3) is 11.0 Å². The maximum Gasteiger partial charge on any atom is 0.127 e. The highest BCUT2D eigenvalue weighted by molar-refractivity contribution is 6.20. The lowest BCUT2D eigenvalue weighted by Crippen LogP contribution is -2.19. The van der Waals surface area contributed by atoms with E-state index < -0.39 is 0 Å². The molecule has 2 aromatic rings. The SMILES string of the molecule is CC(Cl)c1nc2ccc(F)cc2n1C1CCCCCC1C. The number of imidazole rings is 1. The Morgan fingerprint density at radius 3 is 2.81 bits per heavy atom. The van der Waals surface area contributed by atoms with Crippen LogP contribution in [0.1, 0.15) is 63.2 Å². The predicted octanol–water partition coefficient (Wildman–Crippen LogP) is 5.62. The number of hydrogen-bond acceptors (Lipinski definition) is 1. The molecule has 3 rings (SSSR count). The molecule has 1 aliphatic rings. The number of halogens is 2. The number of benzene rings is 1. The molecule has 0 N–H and O–H groups in total. The highest BCUT2D eigenvalue weighted by Gasteiger charge is 2.27. The van der Waals surface area contributed by atoms with Crippen LogP contribution in [-0.4, -0.2) is 9.55 Å². The number of aromatic nitrogens is 2. The second kappa shape index (κ2) is 5.96. The van der Waals surface area contributed by atoms with Crippen molar-refractivity contribution in [3.63, 3.8) is 0 Å². The van der Waals surface area contributed by atoms with Crippen LogP contribution >= 0.6 is 11.6 Å². The van der Waals surface area contributed by atoms with Gasteiger partial charge in [0.05, 0.1) is 16.4 Å². The topological polar surface area (TPSA) is 17.8 Å². The van der Waals surface area contributed by atoms with Crippen LogP contribution in [0.4, 0.5) is 4.39 Å². The summed E-state index contributed by atoms with van der Waals surface area (Å²) in [7, 11) is 0. The summed E-state index contributed by atoms with van der Waals surface area (Å²) in [4.78, 5) is 4.66. The molecule has 0 amide bonds. The van der Waals surface area contributed by atoms with E-state index in [9.17, 15) is 4.39 Å². The minimum Gasteiger partial charge on any atom is -0.323 e. The van der Waals surface area contributed by atoms with Crippen molar-refractivity contribution in [3.05, 3.63) is 29.8 Å². The summed E-state index contributed by atoms with van der Waals surface area (Å²) < 4.78 is 15.9. The zero-order valence-electron chi connectivity index (χ0n) is 12.6. The largest absolute Gasteiger partial charge is 0.323 e. The van der Waals surface area contributed by atoms with Gasteiger partial charge in [-0.2, -0.15) is 0 Å². The summed E-state index contributed by atoms with van der Waals surface area (Å²) in [5, 5.41) is -0.170. The van der Waals surface area contributed by atoms with Crippen molar-refractivity contribution in [2.45, 2.75) is 57.4 Å². The maximum atomic E-state index is 13.7. The lowest BCUT2D eigenvalue weighted by atomic mass is 9.96. The van der Waals surface area contributed by atoms with Gasteiger partial charge in [0.1, 0.15) is 11.6 Å². The van der Waals surface area contributed by atoms with Crippen molar-refractivity contribution in [2.75, 3.05) is 0 Å². The van der Waals surface area contributed by atoms with Crippen molar-refractivity contribution < 1.29 is 4.39 Å². The molecule has 0 saturated heterocycles.